The number of nitrogens with zero attached hydrogens (tertiary/aromatic N) is 1. The highest BCUT2D eigenvalue weighted by Crippen LogP contribution is 2.35. The SMILES string of the molecule is Cc1cnoc1C(=O)NCC1(CO)CCCCC1. The number of hydrogen-bond donors (Lipinski definition) is 2. The topological polar surface area (TPSA) is 75.4 Å². The summed E-state index contributed by atoms with van der Waals surface area (Å²) in [5, 5.41) is 16.0. The van der Waals surface area contributed by atoms with Crippen LogP contribution >= 0.6 is 0 Å². The Hall–Kier alpha value is -1.36. The summed E-state index contributed by atoms with van der Waals surface area (Å²) in [6.45, 7) is 2.42. The van der Waals surface area contributed by atoms with Crippen molar-refractivity contribution in [2.24, 2.45) is 5.41 Å². The largest absolute Gasteiger partial charge is 0.396 e. The van der Waals surface area contributed by atoms with Gasteiger partial charge in [0.05, 0.1) is 12.8 Å². The Morgan fingerprint density at radius 3 is 2.78 bits per heavy atom. The van der Waals surface area contributed by atoms with Crippen molar-refractivity contribution in [2.75, 3.05) is 13.2 Å². The molecule has 0 unspecified atom stereocenters. The number of nitrogens with one attached hydrogen (secondary N) is 1. The molecule has 1 aromatic heterocycles. The molecule has 1 heterocycles. The highest BCUT2D eigenvalue weighted by atomic mass is 16.5. The van der Waals surface area contributed by atoms with E-state index in [1.165, 1.54) is 12.6 Å². The van der Waals surface area contributed by atoms with Gasteiger partial charge in [0.25, 0.3) is 5.91 Å². The lowest BCUT2D eigenvalue weighted by atomic mass is 9.74. The first-order chi connectivity index (χ1) is 8.67. The summed E-state index contributed by atoms with van der Waals surface area (Å²) in [6.07, 6.45) is 6.93. The molecule has 1 saturated carbocycles. The summed E-state index contributed by atoms with van der Waals surface area (Å²) in [5.74, 6) is 0.0160. The zero-order valence-corrected chi connectivity index (χ0v) is 10.7. The molecule has 1 aliphatic carbocycles. The van der Waals surface area contributed by atoms with Crippen LogP contribution < -0.4 is 5.32 Å². The van der Waals surface area contributed by atoms with E-state index in [1.54, 1.807) is 6.92 Å². The Bertz CT molecular complexity index is 408. The van der Waals surface area contributed by atoms with Crippen LogP contribution in [0.3, 0.4) is 0 Å². The molecule has 2 rings (SSSR count). The molecule has 100 valence electrons. The first kappa shape index (κ1) is 13.1. The Morgan fingerprint density at radius 2 is 2.22 bits per heavy atom. The zero-order chi connectivity index (χ0) is 13.0. The standard InChI is InChI=1S/C13H20N2O3/c1-10-7-15-18-11(10)12(17)14-8-13(9-16)5-3-2-4-6-13/h7,16H,2-6,8-9H2,1H3,(H,14,17). The third-order valence-electron chi connectivity index (χ3n) is 3.83. The number of hydrogen-bond acceptors (Lipinski definition) is 4. The summed E-state index contributed by atoms with van der Waals surface area (Å²) >= 11 is 0. The molecule has 0 spiro atoms. The van der Waals surface area contributed by atoms with Gasteiger partial charge >= 0.3 is 0 Å². The molecule has 1 aromatic rings. The van der Waals surface area contributed by atoms with Crippen LogP contribution in [0.15, 0.2) is 10.7 Å². The van der Waals surface area contributed by atoms with E-state index in [0.29, 0.717) is 6.54 Å². The van der Waals surface area contributed by atoms with E-state index >= 15 is 0 Å². The molecule has 0 saturated heterocycles. The molecule has 2 N–H and O–H groups in total. The van der Waals surface area contributed by atoms with Crippen LogP contribution in [0.2, 0.25) is 0 Å². The normalized spacial score (nSPS) is 18.6. The van der Waals surface area contributed by atoms with E-state index in [9.17, 15) is 9.90 Å². The monoisotopic (exact) mass is 252 g/mol. The van der Waals surface area contributed by atoms with Gasteiger partial charge in [0.2, 0.25) is 5.76 Å². The second kappa shape index (κ2) is 5.52. The summed E-state index contributed by atoms with van der Waals surface area (Å²) in [5.41, 5.74) is 0.580. The molecule has 1 aliphatic rings. The van der Waals surface area contributed by atoms with Gasteiger partial charge in [-0.2, -0.15) is 0 Å². The fourth-order valence-corrected chi connectivity index (χ4v) is 2.55. The quantitative estimate of drug-likeness (QED) is 0.854. The van der Waals surface area contributed by atoms with Crippen molar-refractivity contribution >= 4 is 5.91 Å². The van der Waals surface area contributed by atoms with Crippen LogP contribution in [-0.2, 0) is 0 Å². The molecule has 0 bridgehead atoms. The van der Waals surface area contributed by atoms with Crippen LogP contribution in [0, 0.1) is 12.3 Å². The molecule has 18 heavy (non-hydrogen) atoms. The van der Waals surface area contributed by atoms with Crippen molar-refractivity contribution in [1.29, 1.82) is 0 Å². The number of amides is 1. The number of aromatic nitrogens is 1. The molecular weight excluding hydrogens is 232 g/mol. The number of carbonyl (C=O) groups is 1. The molecule has 5 nitrogen and oxygen atoms in total. The predicted molar refractivity (Wildman–Crippen MR) is 66.2 cm³/mol. The van der Waals surface area contributed by atoms with Crippen molar-refractivity contribution in [3.05, 3.63) is 17.5 Å². The third-order valence-corrected chi connectivity index (χ3v) is 3.83. The third kappa shape index (κ3) is 2.72. The lowest BCUT2D eigenvalue weighted by molar-refractivity contribution is 0.0699. The molecule has 0 radical (unpaired) electrons. The average molecular weight is 252 g/mol. The maximum Gasteiger partial charge on any atom is 0.290 e. The Morgan fingerprint density at radius 1 is 1.50 bits per heavy atom. The first-order valence-electron chi connectivity index (χ1n) is 6.47. The predicted octanol–water partition coefficient (Wildman–Crippen LogP) is 1.66. The maximum absolute atomic E-state index is 11.9. The van der Waals surface area contributed by atoms with Crippen molar-refractivity contribution in [3.63, 3.8) is 0 Å². The molecule has 0 atom stereocenters. The van der Waals surface area contributed by atoms with Gasteiger partial charge in [0.15, 0.2) is 0 Å². The van der Waals surface area contributed by atoms with Crippen LogP contribution in [0.4, 0.5) is 0 Å². The van der Waals surface area contributed by atoms with Crippen molar-refractivity contribution in [1.82, 2.24) is 10.5 Å². The van der Waals surface area contributed by atoms with Crippen LogP contribution in [0.5, 0.6) is 0 Å². The first-order valence-corrected chi connectivity index (χ1v) is 6.47. The molecular formula is C13H20N2O3. The highest BCUT2D eigenvalue weighted by Gasteiger charge is 2.32. The molecule has 1 amide bonds. The van der Waals surface area contributed by atoms with E-state index in [2.05, 4.69) is 10.5 Å². The number of rotatable bonds is 4. The number of carbonyl (C=O) groups excluding carboxylic acids is 1. The summed E-state index contributed by atoms with van der Waals surface area (Å²) in [6, 6.07) is 0. The summed E-state index contributed by atoms with van der Waals surface area (Å²) in [4.78, 5) is 11.9. The molecule has 5 heteroatoms. The van der Waals surface area contributed by atoms with E-state index in [1.807, 2.05) is 0 Å². The van der Waals surface area contributed by atoms with Crippen LogP contribution in [0.25, 0.3) is 0 Å². The van der Waals surface area contributed by atoms with Crippen molar-refractivity contribution in [3.8, 4) is 0 Å². The Balaban J connectivity index is 1.94. The van der Waals surface area contributed by atoms with Gasteiger partial charge in [-0.3, -0.25) is 4.79 Å². The van der Waals surface area contributed by atoms with Gasteiger partial charge in [-0.15, -0.1) is 0 Å². The number of aliphatic hydroxyl groups excluding tert-OH is 1. The van der Waals surface area contributed by atoms with Gasteiger partial charge in [0.1, 0.15) is 0 Å². The second-order valence-corrected chi connectivity index (χ2v) is 5.24. The van der Waals surface area contributed by atoms with Crippen molar-refractivity contribution in [2.45, 2.75) is 39.0 Å². The summed E-state index contributed by atoms with van der Waals surface area (Å²) < 4.78 is 4.91. The summed E-state index contributed by atoms with van der Waals surface area (Å²) in [7, 11) is 0. The van der Waals surface area contributed by atoms with Crippen molar-refractivity contribution < 1.29 is 14.4 Å². The minimum atomic E-state index is -0.247. The molecule has 0 aromatic carbocycles. The van der Waals surface area contributed by atoms with Crippen LogP contribution in [-0.4, -0.2) is 29.3 Å². The van der Waals surface area contributed by atoms with Gasteiger partial charge in [-0.05, 0) is 19.8 Å². The smallest absolute Gasteiger partial charge is 0.290 e. The lowest BCUT2D eigenvalue weighted by Gasteiger charge is -2.35. The average Bonchev–Trinajstić information content (AvgIpc) is 2.83. The highest BCUT2D eigenvalue weighted by molar-refractivity contribution is 5.92. The Kier molecular flexibility index (Phi) is 4.01. The van der Waals surface area contributed by atoms with E-state index < -0.39 is 0 Å². The zero-order valence-electron chi connectivity index (χ0n) is 10.7. The fraction of sp³-hybridized carbons (Fsp3) is 0.692. The minimum absolute atomic E-state index is 0.128. The maximum atomic E-state index is 11.9. The molecule has 1 fully saturated rings. The Labute approximate surface area is 107 Å². The van der Waals surface area contributed by atoms with E-state index in [0.717, 1.165) is 31.2 Å². The number of aliphatic hydroxyl groups is 1. The number of aryl methyl sites for hydroxylation is 1. The van der Waals surface area contributed by atoms with Gasteiger partial charge in [0, 0.05) is 17.5 Å². The van der Waals surface area contributed by atoms with Gasteiger partial charge in [-0.25, -0.2) is 0 Å². The second-order valence-electron chi connectivity index (χ2n) is 5.24. The van der Waals surface area contributed by atoms with Crippen LogP contribution in [0.1, 0.15) is 48.2 Å². The van der Waals surface area contributed by atoms with Gasteiger partial charge in [-0.1, -0.05) is 24.4 Å². The molecule has 0 aliphatic heterocycles. The van der Waals surface area contributed by atoms with Gasteiger partial charge < -0.3 is 14.9 Å². The van der Waals surface area contributed by atoms with E-state index in [-0.39, 0.29) is 23.7 Å². The van der Waals surface area contributed by atoms with E-state index in [4.69, 9.17) is 4.52 Å². The minimum Gasteiger partial charge on any atom is -0.396 e. The lowest BCUT2D eigenvalue weighted by Crippen LogP contribution is -2.41. The fourth-order valence-electron chi connectivity index (χ4n) is 2.55.